The highest BCUT2D eigenvalue weighted by Gasteiger charge is 2.33. The van der Waals surface area contributed by atoms with Gasteiger partial charge in [0.2, 0.25) is 0 Å². The van der Waals surface area contributed by atoms with Crippen LogP contribution in [0.3, 0.4) is 0 Å². The standard InChI is InChI=1S/C21H25N5O4S/c1-14-19-16(21(27)25-8-6-24(2)7-9-25)12-17(18-4-3-10-30-18)22-20(19)26(23-14)15-5-11-31(28,29)13-15/h3-4,10,12,15H,5-9,11,13H2,1-2H3/t15-/m1/s1. The van der Waals surface area contributed by atoms with E-state index in [1.54, 1.807) is 29.1 Å². The predicted octanol–water partition coefficient (Wildman–Crippen LogP) is 1.75. The van der Waals surface area contributed by atoms with Crippen molar-refractivity contribution in [3.63, 3.8) is 0 Å². The normalized spacial score (nSPS) is 21.7. The third kappa shape index (κ3) is 3.63. The van der Waals surface area contributed by atoms with Gasteiger partial charge in [0.05, 0.1) is 40.5 Å². The quantitative estimate of drug-likeness (QED) is 0.608. The molecule has 0 aromatic carbocycles. The molecule has 0 radical (unpaired) electrons. The minimum Gasteiger partial charge on any atom is -0.463 e. The highest BCUT2D eigenvalue weighted by molar-refractivity contribution is 7.91. The van der Waals surface area contributed by atoms with Gasteiger partial charge >= 0.3 is 0 Å². The molecule has 0 N–H and O–H groups in total. The third-order valence-electron chi connectivity index (χ3n) is 6.19. The van der Waals surface area contributed by atoms with Crippen LogP contribution in [0.5, 0.6) is 0 Å². The third-order valence-corrected chi connectivity index (χ3v) is 7.94. The molecule has 2 aliphatic heterocycles. The second-order valence-corrected chi connectivity index (χ2v) is 10.6. The molecule has 164 valence electrons. The van der Waals surface area contributed by atoms with E-state index in [-0.39, 0.29) is 23.5 Å². The Labute approximate surface area is 180 Å². The van der Waals surface area contributed by atoms with E-state index in [2.05, 4.69) is 10.00 Å². The van der Waals surface area contributed by atoms with Gasteiger partial charge in [-0.1, -0.05) is 0 Å². The van der Waals surface area contributed by atoms with Gasteiger partial charge < -0.3 is 14.2 Å². The van der Waals surface area contributed by atoms with Crippen LogP contribution < -0.4 is 0 Å². The molecule has 1 amide bonds. The van der Waals surface area contributed by atoms with E-state index in [9.17, 15) is 13.2 Å². The summed E-state index contributed by atoms with van der Waals surface area (Å²) in [6.07, 6.45) is 2.06. The summed E-state index contributed by atoms with van der Waals surface area (Å²) in [6.45, 7) is 4.80. The average Bonchev–Trinajstić information content (AvgIpc) is 3.47. The Bertz CT molecular complexity index is 1240. The molecular formula is C21H25N5O4S. The molecule has 3 aromatic rings. The van der Waals surface area contributed by atoms with Gasteiger partial charge in [-0.3, -0.25) is 4.79 Å². The lowest BCUT2D eigenvalue weighted by atomic mass is 10.1. The molecule has 10 heteroatoms. The number of rotatable bonds is 3. The number of fused-ring (bicyclic) bond motifs is 1. The number of hydrogen-bond acceptors (Lipinski definition) is 7. The Balaban J connectivity index is 1.66. The highest BCUT2D eigenvalue weighted by atomic mass is 32.2. The lowest BCUT2D eigenvalue weighted by Gasteiger charge is -2.32. The number of piperazine rings is 1. The van der Waals surface area contributed by atoms with Crippen molar-refractivity contribution in [2.45, 2.75) is 19.4 Å². The van der Waals surface area contributed by atoms with Gasteiger partial charge in [-0.2, -0.15) is 5.10 Å². The lowest BCUT2D eigenvalue weighted by molar-refractivity contribution is 0.0666. The number of carbonyl (C=O) groups is 1. The smallest absolute Gasteiger partial charge is 0.254 e. The second-order valence-electron chi connectivity index (χ2n) is 8.41. The molecule has 0 aliphatic carbocycles. The van der Waals surface area contributed by atoms with Crippen molar-refractivity contribution in [1.29, 1.82) is 0 Å². The molecule has 0 unspecified atom stereocenters. The summed E-state index contributed by atoms with van der Waals surface area (Å²) in [4.78, 5) is 22.4. The fourth-order valence-corrected chi connectivity index (χ4v) is 6.13. The van der Waals surface area contributed by atoms with Crippen LogP contribution in [0.25, 0.3) is 22.5 Å². The number of amides is 1. The average molecular weight is 444 g/mol. The van der Waals surface area contributed by atoms with E-state index in [0.717, 1.165) is 13.1 Å². The molecule has 5 heterocycles. The summed E-state index contributed by atoms with van der Waals surface area (Å²) in [5.74, 6) is 0.675. The van der Waals surface area contributed by atoms with Crippen molar-refractivity contribution in [3.05, 3.63) is 35.7 Å². The Morgan fingerprint density at radius 1 is 1.23 bits per heavy atom. The number of pyridine rings is 1. The maximum Gasteiger partial charge on any atom is 0.254 e. The summed E-state index contributed by atoms with van der Waals surface area (Å²) < 4.78 is 31.4. The SMILES string of the molecule is Cc1nn([C@@H]2CCS(=O)(=O)C2)c2nc(-c3ccco3)cc(C(=O)N3CCN(C)CC3)c12. The predicted molar refractivity (Wildman–Crippen MR) is 116 cm³/mol. The van der Waals surface area contributed by atoms with E-state index >= 15 is 0 Å². The minimum atomic E-state index is -3.09. The minimum absolute atomic E-state index is 0.0393. The molecule has 5 rings (SSSR count). The molecule has 2 fully saturated rings. The zero-order chi connectivity index (χ0) is 21.8. The van der Waals surface area contributed by atoms with E-state index in [1.165, 1.54) is 0 Å². The van der Waals surface area contributed by atoms with Crippen LogP contribution in [0.15, 0.2) is 28.9 Å². The van der Waals surface area contributed by atoms with Crippen molar-refractivity contribution in [2.24, 2.45) is 0 Å². The fraction of sp³-hybridized carbons (Fsp3) is 0.476. The van der Waals surface area contributed by atoms with Gasteiger partial charge in [0, 0.05) is 26.2 Å². The first-order valence-corrected chi connectivity index (χ1v) is 12.3. The van der Waals surface area contributed by atoms with Crippen molar-refractivity contribution in [1.82, 2.24) is 24.6 Å². The fourth-order valence-electron chi connectivity index (χ4n) is 4.43. The summed E-state index contributed by atoms with van der Waals surface area (Å²) in [7, 11) is -1.05. The van der Waals surface area contributed by atoms with E-state index in [4.69, 9.17) is 9.40 Å². The topological polar surface area (TPSA) is 102 Å². The van der Waals surface area contributed by atoms with Crippen LogP contribution in [-0.4, -0.2) is 83.6 Å². The molecule has 31 heavy (non-hydrogen) atoms. The van der Waals surface area contributed by atoms with Gasteiger partial charge in [0.15, 0.2) is 21.2 Å². The number of hydrogen-bond donors (Lipinski definition) is 0. The highest BCUT2D eigenvalue weighted by Crippen LogP contribution is 2.32. The van der Waals surface area contributed by atoms with Gasteiger partial charge in [-0.25, -0.2) is 18.1 Å². The largest absolute Gasteiger partial charge is 0.463 e. The van der Waals surface area contributed by atoms with Crippen LogP contribution in [0.1, 0.15) is 28.5 Å². The number of sulfone groups is 1. The Hall–Kier alpha value is -2.72. The van der Waals surface area contributed by atoms with E-state index in [1.807, 2.05) is 18.9 Å². The van der Waals surface area contributed by atoms with Crippen molar-refractivity contribution >= 4 is 26.8 Å². The van der Waals surface area contributed by atoms with Gasteiger partial charge in [0.1, 0.15) is 5.69 Å². The van der Waals surface area contributed by atoms with E-state index in [0.29, 0.717) is 53.3 Å². The molecule has 3 aromatic heterocycles. The maximum absolute atomic E-state index is 13.5. The molecule has 2 saturated heterocycles. The van der Waals surface area contributed by atoms with Crippen molar-refractivity contribution in [3.8, 4) is 11.5 Å². The number of aryl methyl sites for hydroxylation is 1. The summed E-state index contributed by atoms with van der Waals surface area (Å²) in [5, 5.41) is 5.32. The molecule has 0 spiro atoms. The zero-order valence-corrected chi connectivity index (χ0v) is 18.4. The van der Waals surface area contributed by atoms with Crippen LogP contribution in [0.4, 0.5) is 0 Å². The first-order chi connectivity index (χ1) is 14.8. The van der Waals surface area contributed by atoms with Gasteiger partial charge in [-0.15, -0.1) is 0 Å². The molecule has 0 saturated carbocycles. The van der Waals surface area contributed by atoms with Crippen molar-refractivity contribution in [2.75, 3.05) is 44.7 Å². The summed E-state index contributed by atoms with van der Waals surface area (Å²) in [5.41, 5.74) is 2.28. The Kier molecular flexibility index (Phi) is 4.86. The molecular weight excluding hydrogens is 418 g/mol. The van der Waals surface area contributed by atoms with Gasteiger partial charge in [-0.05, 0) is 38.6 Å². The summed E-state index contributed by atoms with van der Waals surface area (Å²) in [6, 6.07) is 5.06. The Morgan fingerprint density at radius 3 is 2.65 bits per heavy atom. The summed E-state index contributed by atoms with van der Waals surface area (Å²) >= 11 is 0. The Morgan fingerprint density at radius 2 is 2.00 bits per heavy atom. The van der Waals surface area contributed by atoms with Crippen LogP contribution in [0, 0.1) is 6.92 Å². The second kappa shape index (κ2) is 7.45. The first kappa shape index (κ1) is 20.2. The number of likely N-dealkylation sites (N-methyl/N-ethyl adjacent to an activating group) is 1. The number of aromatic nitrogens is 3. The lowest BCUT2D eigenvalue weighted by Crippen LogP contribution is -2.47. The number of furan rings is 1. The van der Waals surface area contributed by atoms with Gasteiger partial charge in [0.25, 0.3) is 5.91 Å². The first-order valence-electron chi connectivity index (χ1n) is 10.4. The number of nitrogens with zero attached hydrogens (tertiary/aromatic N) is 5. The molecule has 1 atom stereocenters. The number of carbonyl (C=O) groups excluding carboxylic acids is 1. The molecule has 0 bridgehead atoms. The zero-order valence-electron chi connectivity index (χ0n) is 17.6. The maximum atomic E-state index is 13.5. The van der Waals surface area contributed by atoms with Crippen LogP contribution >= 0.6 is 0 Å². The molecule has 9 nitrogen and oxygen atoms in total. The van der Waals surface area contributed by atoms with Crippen molar-refractivity contribution < 1.29 is 17.6 Å². The van der Waals surface area contributed by atoms with Crippen LogP contribution in [0.2, 0.25) is 0 Å². The monoisotopic (exact) mass is 443 g/mol. The molecule has 2 aliphatic rings. The van der Waals surface area contributed by atoms with Crippen LogP contribution in [-0.2, 0) is 9.84 Å². The van der Waals surface area contributed by atoms with E-state index < -0.39 is 9.84 Å².